The van der Waals surface area contributed by atoms with E-state index in [1.54, 1.807) is 22.7 Å². The van der Waals surface area contributed by atoms with E-state index in [4.69, 9.17) is 10.2 Å². The Hall–Kier alpha value is -2.18. The summed E-state index contributed by atoms with van der Waals surface area (Å²) in [5.41, 5.74) is 7.21. The molecule has 0 radical (unpaired) electrons. The van der Waals surface area contributed by atoms with Crippen LogP contribution in [0.1, 0.15) is 5.76 Å². The number of halogens is 1. The summed E-state index contributed by atoms with van der Waals surface area (Å²) in [6, 6.07) is 12.0. The third-order valence-electron chi connectivity index (χ3n) is 4.86. The number of anilines is 1. The number of hydrogen-bond donors (Lipinski definition) is 1. The Morgan fingerprint density at radius 3 is 2.73 bits per heavy atom. The largest absolute Gasteiger partial charge is 0.457 e. The molecule has 0 aliphatic carbocycles. The molecule has 1 saturated heterocycles. The fourth-order valence-electron chi connectivity index (χ4n) is 3.31. The Morgan fingerprint density at radius 1 is 1.13 bits per heavy atom. The predicted octanol–water partition coefficient (Wildman–Crippen LogP) is 4.27. The van der Waals surface area contributed by atoms with Gasteiger partial charge < -0.3 is 20.0 Å². The van der Waals surface area contributed by atoms with Crippen LogP contribution in [0.15, 0.2) is 57.4 Å². The Balaban J connectivity index is 0.00000218. The summed E-state index contributed by atoms with van der Waals surface area (Å²) in [5, 5.41) is 3.95. The number of fused-ring (bicyclic) bond motifs is 1. The zero-order valence-electron chi connectivity index (χ0n) is 16.1. The van der Waals surface area contributed by atoms with Crippen molar-refractivity contribution in [3.63, 3.8) is 0 Å². The van der Waals surface area contributed by atoms with E-state index in [0.29, 0.717) is 12.5 Å². The second-order valence-corrected chi connectivity index (χ2v) is 8.62. The summed E-state index contributed by atoms with van der Waals surface area (Å²) in [6.07, 6.45) is 1.84. The van der Waals surface area contributed by atoms with Crippen molar-refractivity contribution in [2.75, 3.05) is 31.1 Å². The highest BCUT2D eigenvalue weighted by atomic mass is 127. The number of nitrogens with two attached hydrogens (primary N) is 1. The van der Waals surface area contributed by atoms with Gasteiger partial charge in [-0.05, 0) is 24.3 Å². The smallest absolute Gasteiger partial charge is 0.191 e. The van der Waals surface area contributed by atoms with E-state index in [9.17, 15) is 0 Å². The second kappa shape index (κ2) is 9.31. The molecule has 4 aromatic rings. The predicted molar refractivity (Wildman–Crippen MR) is 134 cm³/mol. The van der Waals surface area contributed by atoms with Gasteiger partial charge in [0.2, 0.25) is 0 Å². The lowest BCUT2D eigenvalue weighted by atomic mass is 10.3. The summed E-state index contributed by atoms with van der Waals surface area (Å²) < 4.78 is 7.11. The fourth-order valence-corrected chi connectivity index (χ4v) is 4.94. The number of guanidine groups is 1. The van der Waals surface area contributed by atoms with Crippen LogP contribution in [0.3, 0.4) is 0 Å². The molecule has 4 heterocycles. The van der Waals surface area contributed by atoms with Crippen LogP contribution in [0.5, 0.6) is 0 Å². The maximum absolute atomic E-state index is 6.22. The minimum absolute atomic E-state index is 0. The Kier molecular flexibility index (Phi) is 6.54. The molecule has 3 aromatic heterocycles. The van der Waals surface area contributed by atoms with Crippen LogP contribution in [-0.2, 0) is 6.54 Å². The summed E-state index contributed by atoms with van der Waals surface area (Å²) >= 11 is 3.29. The normalized spacial score (nSPS) is 14.9. The highest BCUT2D eigenvalue weighted by Crippen LogP contribution is 2.31. The van der Waals surface area contributed by atoms with Crippen molar-refractivity contribution in [3.8, 4) is 10.8 Å². The molecule has 0 saturated carbocycles. The molecule has 0 bridgehead atoms. The van der Waals surface area contributed by atoms with Gasteiger partial charge >= 0.3 is 0 Å². The van der Waals surface area contributed by atoms with Crippen LogP contribution in [0.4, 0.5) is 5.13 Å². The number of piperazine rings is 1. The van der Waals surface area contributed by atoms with E-state index in [1.165, 1.54) is 0 Å². The van der Waals surface area contributed by atoms with Gasteiger partial charge in [-0.15, -0.1) is 46.7 Å². The van der Waals surface area contributed by atoms with Gasteiger partial charge in [-0.1, -0.05) is 12.1 Å². The number of aliphatic imine (C=N–C) groups is 1. The lowest BCUT2D eigenvalue weighted by Gasteiger charge is -2.35. The number of nitrogens with zero attached hydrogens (tertiary/aromatic N) is 5. The van der Waals surface area contributed by atoms with Gasteiger partial charge in [0.25, 0.3) is 0 Å². The van der Waals surface area contributed by atoms with Crippen molar-refractivity contribution in [2.45, 2.75) is 6.54 Å². The summed E-state index contributed by atoms with van der Waals surface area (Å²) in [6.45, 7) is 3.88. The molecular weight excluding hydrogens is 531 g/mol. The third kappa shape index (κ3) is 4.44. The van der Waals surface area contributed by atoms with E-state index in [2.05, 4.69) is 30.8 Å². The van der Waals surface area contributed by atoms with Crippen molar-refractivity contribution < 1.29 is 4.42 Å². The van der Waals surface area contributed by atoms with Crippen molar-refractivity contribution in [1.82, 2.24) is 14.9 Å². The van der Waals surface area contributed by atoms with E-state index >= 15 is 0 Å². The molecular formula is C20H21IN6OS2. The van der Waals surface area contributed by atoms with Gasteiger partial charge in [-0.3, -0.25) is 0 Å². The average molecular weight is 552 g/mol. The number of rotatable bonds is 4. The molecule has 1 aromatic carbocycles. The highest BCUT2D eigenvalue weighted by molar-refractivity contribution is 14.0. The molecule has 0 amide bonds. The summed E-state index contributed by atoms with van der Waals surface area (Å²) in [4.78, 5) is 17.9. The van der Waals surface area contributed by atoms with Crippen LogP contribution < -0.4 is 10.6 Å². The first kappa shape index (κ1) is 21.1. The van der Waals surface area contributed by atoms with Gasteiger partial charge in [0, 0.05) is 37.8 Å². The van der Waals surface area contributed by atoms with Crippen molar-refractivity contribution in [1.29, 1.82) is 0 Å². The first-order valence-electron chi connectivity index (χ1n) is 9.40. The standard InChI is InChI=1S/C20H20N6OS2.HI/c21-19(25-8-10-26(11-9-25)20-22-7-12-28-20)23-13-14-5-6-16(27-14)18-24-15-3-1-2-4-17(15)29-18;/h1-7,12H,8-11,13H2,(H2,21,23);1H. The lowest BCUT2D eigenvalue weighted by molar-refractivity contribution is 0.379. The molecule has 5 rings (SSSR count). The maximum atomic E-state index is 6.22. The van der Waals surface area contributed by atoms with Gasteiger partial charge in [0.05, 0.1) is 10.2 Å². The molecule has 10 heteroatoms. The van der Waals surface area contributed by atoms with Crippen LogP contribution >= 0.6 is 46.7 Å². The van der Waals surface area contributed by atoms with Crippen molar-refractivity contribution in [3.05, 3.63) is 53.7 Å². The maximum Gasteiger partial charge on any atom is 0.191 e. The van der Waals surface area contributed by atoms with Gasteiger partial charge in [0.15, 0.2) is 21.9 Å². The topological polar surface area (TPSA) is 83.8 Å². The molecule has 1 fully saturated rings. The van der Waals surface area contributed by atoms with Crippen molar-refractivity contribution >= 4 is 68.0 Å². The van der Waals surface area contributed by atoms with Crippen LogP contribution in [0.25, 0.3) is 21.0 Å². The average Bonchev–Trinajstić information content (AvgIpc) is 3.52. The molecule has 0 atom stereocenters. The molecule has 30 heavy (non-hydrogen) atoms. The van der Waals surface area contributed by atoms with Crippen LogP contribution in [0, 0.1) is 0 Å². The van der Waals surface area contributed by atoms with Gasteiger partial charge in [0.1, 0.15) is 12.3 Å². The van der Waals surface area contributed by atoms with Gasteiger partial charge in [-0.25, -0.2) is 15.0 Å². The zero-order valence-corrected chi connectivity index (χ0v) is 20.1. The molecule has 156 valence electrons. The third-order valence-corrected chi connectivity index (χ3v) is 6.74. The zero-order chi connectivity index (χ0) is 19.6. The molecule has 0 spiro atoms. The quantitative estimate of drug-likeness (QED) is 0.231. The number of hydrogen-bond acceptors (Lipinski definition) is 7. The van der Waals surface area contributed by atoms with E-state index in [-0.39, 0.29) is 24.0 Å². The van der Waals surface area contributed by atoms with E-state index in [1.807, 2.05) is 41.9 Å². The fraction of sp³-hybridized carbons (Fsp3) is 0.250. The Morgan fingerprint density at radius 2 is 1.97 bits per heavy atom. The van der Waals surface area contributed by atoms with Crippen molar-refractivity contribution in [2.24, 2.45) is 10.7 Å². The Labute approximate surface area is 199 Å². The second-order valence-electron chi connectivity index (χ2n) is 6.72. The monoisotopic (exact) mass is 552 g/mol. The number of thiazole rings is 2. The lowest BCUT2D eigenvalue weighted by Crippen LogP contribution is -2.51. The first-order chi connectivity index (χ1) is 14.3. The highest BCUT2D eigenvalue weighted by Gasteiger charge is 2.20. The number of benzene rings is 1. The number of furan rings is 1. The number of aromatic nitrogens is 2. The van der Waals surface area contributed by atoms with Crippen LogP contribution in [0.2, 0.25) is 0 Å². The molecule has 1 aliphatic rings. The minimum atomic E-state index is 0. The van der Waals surface area contributed by atoms with E-state index in [0.717, 1.165) is 58.1 Å². The molecule has 7 nitrogen and oxygen atoms in total. The number of para-hydroxylation sites is 1. The Bertz CT molecular complexity index is 1100. The summed E-state index contributed by atoms with van der Waals surface area (Å²) in [7, 11) is 0. The van der Waals surface area contributed by atoms with Crippen LogP contribution in [-0.4, -0.2) is 47.0 Å². The first-order valence-corrected chi connectivity index (χ1v) is 11.1. The molecule has 2 N–H and O–H groups in total. The SMILES string of the molecule is I.NC(=NCc1ccc(-c2nc3ccccc3s2)o1)N1CCN(c2nccs2)CC1. The van der Waals surface area contributed by atoms with E-state index < -0.39 is 0 Å². The van der Waals surface area contributed by atoms with Gasteiger partial charge in [-0.2, -0.15) is 0 Å². The minimum Gasteiger partial charge on any atom is -0.457 e. The molecule has 1 aliphatic heterocycles. The molecule has 0 unspecified atom stereocenters. The summed E-state index contributed by atoms with van der Waals surface area (Å²) in [5.74, 6) is 2.11.